The highest BCUT2D eigenvalue weighted by Gasteiger charge is 2.42. The Morgan fingerprint density at radius 2 is 1.95 bits per heavy atom. The smallest absolute Gasteiger partial charge is 0.288 e. The number of benzene rings is 1. The Kier molecular flexibility index (Phi) is 3.54. The van der Waals surface area contributed by atoms with Crippen LogP contribution in [-0.2, 0) is 4.79 Å². The maximum absolute atomic E-state index is 11.7. The predicted molar refractivity (Wildman–Crippen MR) is 67.6 cm³/mol. The van der Waals surface area contributed by atoms with E-state index in [2.05, 4.69) is 0 Å². The molecule has 1 aliphatic heterocycles. The SMILES string of the molecule is CN1C(=O)S[C@H]([C@@H](O)c2ccc([N+](=O)[O-])cc2)C1=O. The fourth-order valence-corrected chi connectivity index (χ4v) is 2.70. The number of rotatable bonds is 3. The van der Waals surface area contributed by atoms with Crippen LogP contribution in [-0.4, -0.2) is 38.4 Å². The average Bonchev–Trinajstić information content (AvgIpc) is 2.66. The summed E-state index contributed by atoms with van der Waals surface area (Å²) in [6.07, 6.45) is -1.17. The molecule has 0 aromatic heterocycles. The number of non-ortho nitro benzene ring substituents is 1. The fraction of sp³-hybridized carbons (Fsp3) is 0.273. The molecule has 0 saturated carbocycles. The quantitative estimate of drug-likeness (QED) is 0.662. The van der Waals surface area contributed by atoms with Gasteiger partial charge in [0, 0.05) is 19.2 Å². The summed E-state index contributed by atoms with van der Waals surface area (Å²) in [5, 5.41) is 19.3. The van der Waals surface area contributed by atoms with E-state index in [1.54, 1.807) is 0 Å². The normalized spacial score (nSPS) is 20.7. The van der Waals surface area contributed by atoms with Crippen molar-refractivity contribution in [3.05, 3.63) is 39.9 Å². The highest BCUT2D eigenvalue weighted by atomic mass is 32.2. The van der Waals surface area contributed by atoms with Crippen molar-refractivity contribution in [1.29, 1.82) is 0 Å². The second-order valence-corrected chi connectivity index (χ2v) is 5.09. The number of hydrogen-bond acceptors (Lipinski definition) is 6. The van der Waals surface area contributed by atoms with Crippen molar-refractivity contribution in [2.24, 2.45) is 0 Å². The number of nitro benzene ring substituents is 1. The lowest BCUT2D eigenvalue weighted by atomic mass is 10.1. The first-order valence-corrected chi connectivity index (χ1v) is 6.20. The van der Waals surface area contributed by atoms with Crippen LogP contribution in [0.25, 0.3) is 0 Å². The molecule has 8 heteroatoms. The molecule has 0 spiro atoms. The Labute approximate surface area is 112 Å². The summed E-state index contributed by atoms with van der Waals surface area (Å²) in [6, 6.07) is 5.24. The number of nitro groups is 1. The minimum Gasteiger partial charge on any atom is -0.387 e. The van der Waals surface area contributed by atoms with Crippen LogP contribution in [0.5, 0.6) is 0 Å². The maximum Gasteiger partial charge on any atom is 0.288 e. The van der Waals surface area contributed by atoms with Crippen molar-refractivity contribution in [3.8, 4) is 0 Å². The summed E-state index contributed by atoms with van der Waals surface area (Å²) < 4.78 is 0. The number of aliphatic hydroxyl groups is 1. The lowest BCUT2D eigenvalue weighted by molar-refractivity contribution is -0.384. The molecule has 0 radical (unpaired) electrons. The van der Waals surface area contributed by atoms with E-state index in [0.29, 0.717) is 5.56 Å². The summed E-state index contributed by atoms with van der Waals surface area (Å²) in [5.41, 5.74) is 0.258. The molecule has 0 aliphatic carbocycles. The van der Waals surface area contributed by atoms with E-state index in [-0.39, 0.29) is 5.69 Å². The van der Waals surface area contributed by atoms with Crippen molar-refractivity contribution in [3.63, 3.8) is 0 Å². The van der Waals surface area contributed by atoms with Gasteiger partial charge < -0.3 is 5.11 Å². The first-order chi connectivity index (χ1) is 8.91. The van der Waals surface area contributed by atoms with Crippen LogP contribution in [0.15, 0.2) is 24.3 Å². The molecular formula is C11H10N2O5S. The van der Waals surface area contributed by atoms with E-state index in [1.165, 1.54) is 31.3 Å². The van der Waals surface area contributed by atoms with Gasteiger partial charge in [0.05, 0.1) is 4.92 Å². The monoisotopic (exact) mass is 282 g/mol. The van der Waals surface area contributed by atoms with Crippen molar-refractivity contribution >= 4 is 28.6 Å². The number of carbonyl (C=O) groups excluding carboxylic acids is 2. The van der Waals surface area contributed by atoms with E-state index >= 15 is 0 Å². The third-order valence-electron chi connectivity index (χ3n) is 2.81. The minimum atomic E-state index is -1.17. The largest absolute Gasteiger partial charge is 0.387 e. The molecule has 0 bridgehead atoms. The average molecular weight is 282 g/mol. The number of nitrogens with zero attached hydrogens (tertiary/aromatic N) is 2. The molecule has 2 amide bonds. The Bertz CT molecular complexity index is 545. The Balaban J connectivity index is 2.20. The molecule has 1 fully saturated rings. The van der Waals surface area contributed by atoms with Gasteiger partial charge in [0.15, 0.2) is 0 Å². The predicted octanol–water partition coefficient (Wildman–Crippen LogP) is 1.32. The number of hydrogen-bond donors (Lipinski definition) is 1. The molecule has 19 heavy (non-hydrogen) atoms. The summed E-state index contributed by atoms with van der Waals surface area (Å²) in [7, 11) is 1.35. The van der Waals surface area contributed by atoms with Gasteiger partial charge in [-0.05, 0) is 29.5 Å². The minimum absolute atomic E-state index is 0.102. The summed E-state index contributed by atoms with van der Waals surface area (Å²) in [5.74, 6) is -0.471. The van der Waals surface area contributed by atoms with Gasteiger partial charge in [-0.2, -0.15) is 0 Å². The third-order valence-corrected chi connectivity index (χ3v) is 4.00. The molecule has 1 aromatic carbocycles. The van der Waals surface area contributed by atoms with E-state index in [1.807, 2.05) is 0 Å². The first-order valence-electron chi connectivity index (χ1n) is 5.32. The molecule has 1 aliphatic rings. The van der Waals surface area contributed by atoms with Gasteiger partial charge in [0.25, 0.3) is 10.9 Å². The Morgan fingerprint density at radius 3 is 2.37 bits per heavy atom. The van der Waals surface area contributed by atoms with Crippen LogP contribution in [0.4, 0.5) is 10.5 Å². The second-order valence-electron chi connectivity index (χ2n) is 4.00. The zero-order valence-corrected chi connectivity index (χ0v) is 10.7. The molecule has 100 valence electrons. The Hall–Kier alpha value is -1.93. The molecule has 1 saturated heterocycles. The van der Waals surface area contributed by atoms with Gasteiger partial charge in [-0.25, -0.2) is 0 Å². The summed E-state index contributed by atoms with van der Waals surface area (Å²) in [4.78, 5) is 34.0. The number of amides is 2. The lowest BCUT2D eigenvalue weighted by Gasteiger charge is -2.15. The van der Waals surface area contributed by atoms with Gasteiger partial charge >= 0.3 is 0 Å². The van der Waals surface area contributed by atoms with Crippen molar-refractivity contribution in [2.75, 3.05) is 7.05 Å². The summed E-state index contributed by atoms with van der Waals surface area (Å²) >= 11 is 0.749. The fourth-order valence-electron chi connectivity index (χ4n) is 1.69. The van der Waals surface area contributed by atoms with Gasteiger partial charge in [-0.1, -0.05) is 0 Å². The van der Waals surface area contributed by atoms with E-state index in [4.69, 9.17) is 0 Å². The zero-order chi connectivity index (χ0) is 14.2. The standard InChI is InChI=1S/C11H10N2O5S/c1-12-10(15)9(19-11(12)16)8(14)6-2-4-7(5-3-6)13(17)18/h2-5,8-9,14H,1H3/t8-,9+/m0/s1. The highest BCUT2D eigenvalue weighted by Crippen LogP contribution is 2.35. The lowest BCUT2D eigenvalue weighted by Crippen LogP contribution is -2.30. The van der Waals surface area contributed by atoms with Crippen molar-refractivity contribution < 1.29 is 19.6 Å². The Morgan fingerprint density at radius 1 is 1.37 bits per heavy atom. The number of carbonyl (C=O) groups is 2. The van der Waals surface area contributed by atoms with Crippen LogP contribution >= 0.6 is 11.8 Å². The molecule has 1 aromatic rings. The third kappa shape index (κ3) is 2.45. The molecule has 1 N–H and O–H groups in total. The molecule has 1 heterocycles. The van der Waals surface area contributed by atoms with Crippen LogP contribution in [0.2, 0.25) is 0 Å². The topological polar surface area (TPSA) is 101 Å². The maximum atomic E-state index is 11.7. The van der Waals surface area contributed by atoms with E-state index < -0.39 is 27.4 Å². The molecule has 2 atom stereocenters. The van der Waals surface area contributed by atoms with Gasteiger partial charge in [0.1, 0.15) is 11.4 Å². The van der Waals surface area contributed by atoms with Crippen molar-refractivity contribution in [1.82, 2.24) is 4.90 Å². The highest BCUT2D eigenvalue weighted by molar-refractivity contribution is 8.15. The second kappa shape index (κ2) is 4.98. The van der Waals surface area contributed by atoms with Crippen molar-refractivity contribution in [2.45, 2.75) is 11.4 Å². The van der Waals surface area contributed by atoms with Gasteiger partial charge in [-0.3, -0.25) is 24.6 Å². The van der Waals surface area contributed by atoms with E-state index in [0.717, 1.165) is 16.7 Å². The number of aliphatic hydroxyl groups excluding tert-OH is 1. The zero-order valence-electron chi connectivity index (χ0n) is 9.85. The molecule has 2 rings (SSSR count). The number of imide groups is 1. The molecule has 0 unspecified atom stereocenters. The van der Waals surface area contributed by atoms with Gasteiger partial charge in [-0.15, -0.1) is 0 Å². The summed E-state index contributed by atoms with van der Waals surface area (Å²) in [6.45, 7) is 0. The molecular weight excluding hydrogens is 272 g/mol. The van der Waals surface area contributed by atoms with Gasteiger partial charge in [0.2, 0.25) is 5.91 Å². The molecule has 7 nitrogen and oxygen atoms in total. The first kappa shape index (κ1) is 13.5. The number of thioether (sulfide) groups is 1. The van der Waals surface area contributed by atoms with Crippen LogP contribution in [0.3, 0.4) is 0 Å². The van der Waals surface area contributed by atoms with E-state index in [9.17, 15) is 24.8 Å². The van der Waals surface area contributed by atoms with Crippen LogP contribution in [0, 0.1) is 10.1 Å². The van der Waals surface area contributed by atoms with Crippen LogP contribution in [0.1, 0.15) is 11.7 Å². The van der Waals surface area contributed by atoms with Crippen LogP contribution < -0.4 is 0 Å².